The van der Waals surface area contributed by atoms with Crippen molar-refractivity contribution in [1.29, 1.82) is 5.26 Å². The van der Waals surface area contributed by atoms with Crippen LogP contribution in [-0.2, 0) is 16.0 Å². The fourth-order valence-corrected chi connectivity index (χ4v) is 3.95. The van der Waals surface area contributed by atoms with Crippen molar-refractivity contribution < 1.29 is 9.59 Å². The molecule has 33 heavy (non-hydrogen) atoms. The Labute approximate surface area is 191 Å². The van der Waals surface area contributed by atoms with Gasteiger partial charge in [-0.25, -0.2) is 9.97 Å². The molecule has 1 aromatic carbocycles. The molecule has 166 valence electrons. The van der Waals surface area contributed by atoms with E-state index in [1.54, 1.807) is 30.6 Å². The Balaban J connectivity index is 1.56. The molecule has 0 saturated carbocycles. The largest absolute Gasteiger partial charge is 0.368 e. The maximum atomic E-state index is 11.8. The first-order chi connectivity index (χ1) is 15.9. The molecule has 0 spiro atoms. The average Bonchev–Trinajstić information content (AvgIpc) is 3.30. The van der Waals surface area contributed by atoms with Gasteiger partial charge in [0.2, 0.25) is 11.9 Å². The van der Waals surface area contributed by atoms with Gasteiger partial charge in [-0.3, -0.25) is 14.6 Å². The molecule has 0 aliphatic carbocycles. The van der Waals surface area contributed by atoms with Gasteiger partial charge in [0.15, 0.2) is 0 Å². The molecule has 1 atom stereocenters. The van der Waals surface area contributed by atoms with Crippen molar-refractivity contribution in [3.63, 3.8) is 0 Å². The monoisotopic (exact) mass is 441 g/mol. The van der Waals surface area contributed by atoms with E-state index in [2.05, 4.69) is 26.3 Å². The Morgan fingerprint density at radius 2 is 2.09 bits per heavy atom. The van der Waals surface area contributed by atoms with Gasteiger partial charge >= 0.3 is 0 Å². The molecular formula is C24H23N7O2. The van der Waals surface area contributed by atoms with Crippen LogP contribution in [0.4, 0.5) is 17.3 Å². The summed E-state index contributed by atoms with van der Waals surface area (Å²) in [5, 5.41) is 12.8. The van der Waals surface area contributed by atoms with Gasteiger partial charge in [-0.2, -0.15) is 5.26 Å². The van der Waals surface area contributed by atoms with Crippen molar-refractivity contribution in [3.8, 4) is 17.3 Å². The SMILES string of the molecule is CC(=O)Cc1ccc(Nc2nccc(-c3ccc(N4CCC[C@H]4C(N)=O)c(C#N)c3)n2)cn1. The number of benzene rings is 1. The van der Waals surface area contributed by atoms with Crippen LogP contribution in [0.15, 0.2) is 48.8 Å². The Hall–Kier alpha value is -4.32. The second-order valence-electron chi connectivity index (χ2n) is 7.91. The summed E-state index contributed by atoms with van der Waals surface area (Å²) >= 11 is 0. The fourth-order valence-electron chi connectivity index (χ4n) is 3.95. The molecule has 0 unspecified atom stereocenters. The van der Waals surface area contributed by atoms with E-state index in [-0.39, 0.29) is 11.7 Å². The number of nitrogens with zero attached hydrogens (tertiary/aromatic N) is 5. The van der Waals surface area contributed by atoms with Crippen molar-refractivity contribution in [2.24, 2.45) is 5.73 Å². The number of nitriles is 1. The fraction of sp³-hybridized carbons (Fsp3) is 0.250. The van der Waals surface area contributed by atoms with Crippen LogP contribution in [0.3, 0.4) is 0 Å². The minimum atomic E-state index is -0.395. The van der Waals surface area contributed by atoms with Crippen LogP contribution in [0, 0.1) is 11.3 Å². The lowest BCUT2D eigenvalue weighted by Gasteiger charge is -2.25. The highest BCUT2D eigenvalue weighted by atomic mass is 16.1. The molecule has 9 nitrogen and oxygen atoms in total. The Bertz CT molecular complexity index is 1230. The third-order valence-electron chi connectivity index (χ3n) is 5.47. The number of hydrogen-bond acceptors (Lipinski definition) is 8. The van der Waals surface area contributed by atoms with E-state index in [9.17, 15) is 14.9 Å². The molecule has 1 fully saturated rings. The second-order valence-corrected chi connectivity index (χ2v) is 7.91. The van der Waals surface area contributed by atoms with Gasteiger partial charge in [0, 0.05) is 30.4 Å². The molecule has 1 aliphatic heterocycles. The quantitative estimate of drug-likeness (QED) is 0.571. The first-order valence-corrected chi connectivity index (χ1v) is 10.6. The van der Waals surface area contributed by atoms with Gasteiger partial charge in [-0.1, -0.05) is 6.07 Å². The second kappa shape index (κ2) is 9.44. The first-order valence-electron chi connectivity index (χ1n) is 10.6. The molecule has 4 rings (SSSR count). The van der Waals surface area contributed by atoms with Crippen LogP contribution in [0.25, 0.3) is 11.3 Å². The molecule has 3 N–H and O–H groups in total. The Morgan fingerprint density at radius 3 is 2.79 bits per heavy atom. The van der Waals surface area contributed by atoms with E-state index in [4.69, 9.17) is 5.73 Å². The number of carbonyl (C=O) groups is 2. The molecule has 0 radical (unpaired) electrons. The number of aromatic nitrogens is 3. The lowest BCUT2D eigenvalue weighted by Crippen LogP contribution is -2.40. The number of carbonyl (C=O) groups excluding carboxylic acids is 2. The number of anilines is 3. The summed E-state index contributed by atoms with van der Waals surface area (Å²) in [7, 11) is 0. The van der Waals surface area contributed by atoms with Crippen molar-refractivity contribution in [2.75, 3.05) is 16.8 Å². The lowest BCUT2D eigenvalue weighted by atomic mass is 10.0. The van der Waals surface area contributed by atoms with Crippen LogP contribution >= 0.6 is 0 Å². The van der Waals surface area contributed by atoms with E-state index < -0.39 is 6.04 Å². The molecule has 1 saturated heterocycles. The minimum Gasteiger partial charge on any atom is -0.368 e. The minimum absolute atomic E-state index is 0.0527. The van der Waals surface area contributed by atoms with Gasteiger partial charge in [-0.05, 0) is 50.1 Å². The first kappa shape index (κ1) is 21.9. The molecule has 3 heterocycles. The maximum absolute atomic E-state index is 11.8. The zero-order valence-corrected chi connectivity index (χ0v) is 18.2. The highest BCUT2D eigenvalue weighted by Gasteiger charge is 2.30. The van der Waals surface area contributed by atoms with Gasteiger partial charge < -0.3 is 16.0 Å². The van der Waals surface area contributed by atoms with E-state index in [0.717, 1.165) is 12.0 Å². The normalized spacial score (nSPS) is 15.2. The van der Waals surface area contributed by atoms with E-state index in [1.807, 2.05) is 23.1 Å². The summed E-state index contributed by atoms with van der Waals surface area (Å²) in [4.78, 5) is 38.0. The summed E-state index contributed by atoms with van der Waals surface area (Å²) in [6, 6.07) is 12.7. The van der Waals surface area contributed by atoms with Crippen LogP contribution in [0.5, 0.6) is 0 Å². The number of rotatable bonds is 7. The number of nitrogens with one attached hydrogen (secondary N) is 1. The van der Waals surface area contributed by atoms with Gasteiger partial charge in [-0.15, -0.1) is 0 Å². The standard InChI is InChI=1S/C24H23N7O2/c1-15(32)11-18-5-6-19(14-28-18)29-24-27-9-8-20(30-24)16-4-7-21(17(12-16)13-25)31-10-2-3-22(31)23(26)33/h4-9,12,14,22H,2-3,10-11H2,1H3,(H2,26,33)(H,27,29,30)/t22-/m0/s1. The van der Waals surface area contributed by atoms with Gasteiger partial charge in [0.25, 0.3) is 0 Å². The van der Waals surface area contributed by atoms with Crippen LogP contribution in [0.1, 0.15) is 31.0 Å². The number of hydrogen-bond donors (Lipinski definition) is 2. The topological polar surface area (TPSA) is 138 Å². The maximum Gasteiger partial charge on any atom is 0.240 e. The summed E-state index contributed by atoms with van der Waals surface area (Å²) in [6.45, 7) is 2.21. The number of pyridine rings is 1. The van der Waals surface area contributed by atoms with Crippen molar-refractivity contribution in [3.05, 3.63) is 60.0 Å². The molecular weight excluding hydrogens is 418 g/mol. The number of ketones is 1. The lowest BCUT2D eigenvalue weighted by molar-refractivity contribution is -0.119. The predicted molar refractivity (Wildman–Crippen MR) is 124 cm³/mol. The smallest absolute Gasteiger partial charge is 0.240 e. The Kier molecular flexibility index (Phi) is 6.26. The van der Waals surface area contributed by atoms with Crippen LogP contribution in [-0.4, -0.2) is 39.2 Å². The zero-order valence-electron chi connectivity index (χ0n) is 18.2. The number of Topliss-reactive ketones (excluding diaryl/α,β-unsaturated/α-hetero) is 1. The van der Waals surface area contributed by atoms with Gasteiger partial charge in [0.1, 0.15) is 17.9 Å². The molecule has 1 amide bonds. The van der Waals surface area contributed by atoms with Crippen LogP contribution < -0.4 is 16.0 Å². The number of amides is 1. The summed E-state index contributed by atoms with van der Waals surface area (Å²) in [5.41, 5.74) is 9.49. The van der Waals surface area contributed by atoms with Crippen molar-refractivity contribution >= 4 is 29.0 Å². The highest BCUT2D eigenvalue weighted by molar-refractivity contribution is 5.85. The molecule has 2 aromatic heterocycles. The van der Waals surface area contributed by atoms with E-state index in [0.29, 0.717) is 53.7 Å². The summed E-state index contributed by atoms with van der Waals surface area (Å²) in [5.74, 6) is 0.0530. The summed E-state index contributed by atoms with van der Waals surface area (Å²) < 4.78 is 0. The third kappa shape index (κ3) is 4.96. The van der Waals surface area contributed by atoms with E-state index in [1.165, 1.54) is 6.92 Å². The number of primary amides is 1. The zero-order chi connectivity index (χ0) is 23.4. The third-order valence-corrected chi connectivity index (χ3v) is 5.47. The molecule has 3 aromatic rings. The van der Waals surface area contributed by atoms with Crippen LogP contribution in [0.2, 0.25) is 0 Å². The number of nitrogens with two attached hydrogens (primary N) is 1. The highest BCUT2D eigenvalue weighted by Crippen LogP contribution is 2.31. The molecule has 9 heteroatoms. The van der Waals surface area contributed by atoms with E-state index >= 15 is 0 Å². The average molecular weight is 441 g/mol. The molecule has 0 bridgehead atoms. The summed E-state index contributed by atoms with van der Waals surface area (Å²) in [6.07, 6.45) is 5.09. The van der Waals surface area contributed by atoms with Crippen molar-refractivity contribution in [2.45, 2.75) is 32.2 Å². The Morgan fingerprint density at radius 1 is 1.24 bits per heavy atom. The van der Waals surface area contributed by atoms with Crippen molar-refractivity contribution in [1.82, 2.24) is 15.0 Å². The molecule has 1 aliphatic rings. The van der Waals surface area contributed by atoms with Gasteiger partial charge in [0.05, 0.1) is 28.8 Å². The predicted octanol–water partition coefficient (Wildman–Crippen LogP) is 2.74.